The van der Waals surface area contributed by atoms with Crippen molar-refractivity contribution in [2.24, 2.45) is 5.92 Å². The zero-order chi connectivity index (χ0) is 16.0. The Kier molecular flexibility index (Phi) is 6.40. The maximum Gasteiger partial charge on any atom is 0.251 e. The molecule has 0 heterocycles. The van der Waals surface area contributed by atoms with Gasteiger partial charge in [-0.25, -0.2) is 0 Å². The van der Waals surface area contributed by atoms with E-state index in [1.54, 1.807) is 11.0 Å². The zero-order valence-electron chi connectivity index (χ0n) is 13.6. The highest BCUT2D eigenvalue weighted by molar-refractivity contribution is 5.97. The van der Waals surface area contributed by atoms with E-state index >= 15 is 0 Å². The molecular weight excluding hydrogens is 264 g/mol. The minimum Gasteiger partial charge on any atom is -0.341 e. The van der Waals surface area contributed by atoms with Gasteiger partial charge in [0.15, 0.2) is 0 Å². The number of nitrogens with one attached hydrogen (secondary N) is 1. The lowest BCUT2D eigenvalue weighted by atomic mass is 10.0. The molecule has 1 aromatic carbocycles. The van der Waals surface area contributed by atoms with Crippen LogP contribution in [0.4, 0.5) is 0 Å². The van der Waals surface area contributed by atoms with Crippen LogP contribution in [0.1, 0.15) is 43.6 Å². The number of hydrogen-bond acceptors (Lipinski definition) is 2. The maximum absolute atomic E-state index is 12.5. The first-order valence-corrected chi connectivity index (χ1v) is 7.57. The highest BCUT2D eigenvalue weighted by atomic mass is 16.2. The molecule has 116 valence electrons. The Morgan fingerprint density at radius 3 is 2.29 bits per heavy atom. The molecular formula is C17H26N2O2. The van der Waals surface area contributed by atoms with Crippen LogP contribution in [-0.4, -0.2) is 35.8 Å². The number of nitrogens with zero attached hydrogens (tertiary/aromatic N) is 1. The molecule has 4 heteroatoms. The fourth-order valence-electron chi connectivity index (χ4n) is 2.26. The molecule has 4 nitrogen and oxygen atoms in total. The van der Waals surface area contributed by atoms with Gasteiger partial charge in [0.25, 0.3) is 5.91 Å². The summed E-state index contributed by atoms with van der Waals surface area (Å²) in [5.41, 5.74) is 1.62. The minimum absolute atomic E-state index is 0.0176. The second kappa shape index (κ2) is 7.81. The van der Waals surface area contributed by atoms with E-state index in [1.165, 1.54) is 0 Å². The number of aryl methyl sites for hydroxylation is 1. The number of carbonyl (C=O) groups excluding carboxylic acids is 2. The average molecular weight is 290 g/mol. The smallest absolute Gasteiger partial charge is 0.251 e. The molecule has 21 heavy (non-hydrogen) atoms. The van der Waals surface area contributed by atoms with E-state index in [1.807, 2.05) is 52.8 Å². The molecule has 0 saturated heterocycles. The fourth-order valence-corrected chi connectivity index (χ4v) is 2.26. The van der Waals surface area contributed by atoms with Crippen LogP contribution in [0.15, 0.2) is 24.3 Å². The van der Waals surface area contributed by atoms with Crippen molar-refractivity contribution < 1.29 is 9.59 Å². The summed E-state index contributed by atoms with van der Waals surface area (Å²) in [5.74, 6) is -0.166. The monoisotopic (exact) mass is 290 g/mol. The van der Waals surface area contributed by atoms with Gasteiger partial charge in [-0.2, -0.15) is 0 Å². The Hall–Kier alpha value is -1.84. The first-order chi connectivity index (χ1) is 9.90. The zero-order valence-corrected chi connectivity index (χ0v) is 13.6. The largest absolute Gasteiger partial charge is 0.341 e. The van der Waals surface area contributed by atoms with Gasteiger partial charge in [-0.05, 0) is 38.8 Å². The summed E-state index contributed by atoms with van der Waals surface area (Å²) in [5, 5.41) is 2.88. The molecule has 0 aliphatic carbocycles. The Balaban J connectivity index is 2.88. The van der Waals surface area contributed by atoms with E-state index in [0.717, 1.165) is 5.56 Å². The van der Waals surface area contributed by atoms with Crippen molar-refractivity contribution in [1.82, 2.24) is 10.2 Å². The Labute approximate surface area is 127 Å². The Bertz CT molecular complexity index is 493. The van der Waals surface area contributed by atoms with Crippen LogP contribution < -0.4 is 5.32 Å². The summed E-state index contributed by atoms with van der Waals surface area (Å²) in [6, 6.07) is 6.90. The second-order valence-corrected chi connectivity index (χ2v) is 5.58. The summed E-state index contributed by atoms with van der Waals surface area (Å²) < 4.78 is 0. The number of likely N-dealkylation sites (N-methyl/N-ethyl adjacent to an activating group) is 1. The maximum atomic E-state index is 12.5. The van der Waals surface area contributed by atoms with Crippen LogP contribution in [0.2, 0.25) is 0 Å². The number of rotatable bonds is 6. The predicted molar refractivity (Wildman–Crippen MR) is 85.2 cm³/mol. The van der Waals surface area contributed by atoms with Gasteiger partial charge in [0.05, 0.1) is 0 Å². The Morgan fingerprint density at radius 2 is 1.81 bits per heavy atom. The molecule has 1 N–H and O–H groups in total. The SMILES string of the molecule is CCN(CC)C(=O)C(NC(=O)c1cccc(C)c1)C(C)C. The number of amides is 2. The summed E-state index contributed by atoms with van der Waals surface area (Å²) in [6.45, 7) is 11.0. The van der Waals surface area contributed by atoms with Gasteiger partial charge < -0.3 is 10.2 Å². The summed E-state index contributed by atoms with van der Waals surface area (Å²) in [4.78, 5) is 26.6. The lowest BCUT2D eigenvalue weighted by Gasteiger charge is -2.28. The van der Waals surface area contributed by atoms with Crippen LogP contribution in [0.25, 0.3) is 0 Å². The van der Waals surface area contributed by atoms with Crippen molar-refractivity contribution in [2.45, 2.75) is 40.7 Å². The van der Waals surface area contributed by atoms with Crippen molar-refractivity contribution in [3.05, 3.63) is 35.4 Å². The quantitative estimate of drug-likeness (QED) is 0.875. The van der Waals surface area contributed by atoms with Crippen LogP contribution in [0.3, 0.4) is 0 Å². The number of carbonyl (C=O) groups is 2. The standard InChI is InChI=1S/C17H26N2O2/c1-6-19(7-2)17(21)15(12(3)4)18-16(20)14-10-8-9-13(5)11-14/h8-12,15H,6-7H2,1-5H3,(H,18,20). The first-order valence-electron chi connectivity index (χ1n) is 7.57. The fraction of sp³-hybridized carbons (Fsp3) is 0.529. The summed E-state index contributed by atoms with van der Waals surface area (Å²) in [7, 11) is 0. The molecule has 1 unspecified atom stereocenters. The summed E-state index contributed by atoms with van der Waals surface area (Å²) >= 11 is 0. The van der Waals surface area contributed by atoms with E-state index in [4.69, 9.17) is 0 Å². The molecule has 1 rings (SSSR count). The van der Waals surface area contributed by atoms with E-state index in [-0.39, 0.29) is 17.7 Å². The van der Waals surface area contributed by atoms with Crippen molar-refractivity contribution in [2.75, 3.05) is 13.1 Å². The van der Waals surface area contributed by atoms with E-state index in [2.05, 4.69) is 5.32 Å². The molecule has 0 aromatic heterocycles. The molecule has 0 bridgehead atoms. The van der Waals surface area contributed by atoms with Gasteiger partial charge in [0.1, 0.15) is 6.04 Å². The average Bonchev–Trinajstić information content (AvgIpc) is 2.45. The minimum atomic E-state index is -0.488. The molecule has 0 saturated carbocycles. The number of benzene rings is 1. The third-order valence-electron chi connectivity index (χ3n) is 3.57. The lowest BCUT2D eigenvalue weighted by molar-refractivity contribution is -0.133. The normalized spacial score (nSPS) is 12.1. The second-order valence-electron chi connectivity index (χ2n) is 5.58. The highest BCUT2D eigenvalue weighted by Gasteiger charge is 2.27. The van der Waals surface area contributed by atoms with Crippen LogP contribution in [-0.2, 0) is 4.79 Å². The van der Waals surface area contributed by atoms with Crippen molar-refractivity contribution in [3.63, 3.8) is 0 Å². The van der Waals surface area contributed by atoms with Gasteiger partial charge in [-0.15, -0.1) is 0 Å². The topological polar surface area (TPSA) is 49.4 Å². The predicted octanol–water partition coefficient (Wildman–Crippen LogP) is 2.62. The van der Waals surface area contributed by atoms with Gasteiger partial charge >= 0.3 is 0 Å². The van der Waals surface area contributed by atoms with E-state index in [9.17, 15) is 9.59 Å². The van der Waals surface area contributed by atoms with Crippen LogP contribution in [0, 0.1) is 12.8 Å². The number of hydrogen-bond donors (Lipinski definition) is 1. The summed E-state index contributed by atoms with van der Waals surface area (Å²) in [6.07, 6.45) is 0. The van der Waals surface area contributed by atoms with Crippen molar-refractivity contribution in [3.8, 4) is 0 Å². The molecule has 0 radical (unpaired) electrons. The third-order valence-corrected chi connectivity index (χ3v) is 3.57. The van der Waals surface area contributed by atoms with Crippen LogP contribution >= 0.6 is 0 Å². The molecule has 2 amide bonds. The highest BCUT2D eigenvalue weighted by Crippen LogP contribution is 2.09. The molecule has 1 atom stereocenters. The lowest BCUT2D eigenvalue weighted by Crippen LogP contribution is -2.51. The Morgan fingerprint density at radius 1 is 1.19 bits per heavy atom. The van der Waals surface area contributed by atoms with Crippen molar-refractivity contribution in [1.29, 1.82) is 0 Å². The molecule has 0 fully saturated rings. The van der Waals surface area contributed by atoms with E-state index in [0.29, 0.717) is 18.7 Å². The van der Waals surface area contributed by atoms with Gasteiger partial charge in [0, 0.05) is 18.7 Å². The van der Waals surface area contributed by atoms with Crippen molar-refractivity contribution >= 4 is 11.8 Å². The first kappa shape index (κ1) is 17.2. The molecule has 1 aromatic rings. The van der Waals surface area contributed by atoms with Gasteiger partial charge in [-0.1, -0.05) is 31.5 Å². The molecule has 0 spiro atoms. The molecule has 0 aliphatic heterocycles. The third kappa shape index (κ3) is 4.59. The van der Waals surface area contributed by atoms with E-state index < -0.39 is 6.04 Å². The van der Waals surface area contributed by atoms with Crippen LogP contribution in [0.5, 0.6) is 0 Å². The molecule has 0 aliphatic rings. The van der Waals surface area contributed by atoms with Gasteiger partial charge in [-0.3, -0.25) is 9.59 Å². The van der Waals surface area contributed by atoms with Gasteiger partial charge in [0.2, 0.25) is 5.91 Å².